The van der Waals surface area contributed by atoms with Crippen molar-refractivity contribution in [1.82, 2.24) is 9.97 Å². The average molecular weight is 365 g/mol. The van der Waals surface area contributed by atoms with Crippen LogP contribution in [0.2, 0.25) is 0 Å². The fourth-order valence-corrected chi connectivity index (χ4v) is 5.73. The quantitative estimate of drug-likeness (QED) is 0.639. The lowest BCUT2D eigenvalue weighted by molar-refractivity contribution is -0.161. The number of hydrogen-bond donors (Lipinski definition) is 2. The molecule has 3 atom stereocenters. The van der Waals surface area contributed by atoms with Gasteiger partial charge in [0.25, 0.3) is 5.56 Å². The first-order valence-electron chi connectivity index (χ1n) is 9.70. The summed E-state index contributed by atoms with van der Waals surface area (Å²) in [6.45, 7) is 7.11. The molecule has 2 fully saturated rings. The Morgan fingerprint density at radius 2 is 2.04 bits per heavy atom. The maximum Gasteiger partial charge on any atom is 0.258 e. The molecule has 140 valence electrons. The summed E-state index contributed by atoms with van der Waals surface area (Å²) in [4.78, 5) is 19.8. The normalized spacial score (nSPS) is 28.9. The topological polar surface area (TPSA) is 57.8 Å². The summed E-state index contributed by atoms with van der Waals surface area (Å²) in [5.41, 5.74) is 0.871. The van der Waals surface area contributed by atoms with Crippen LogP contribution in [0.15, 0.2) is 35.3 Å². The van der Waals surface area contributed by atoms with E-state index in [1.165, 1.54) is 31.4 Å². The van der Waals surface area contributed by atoms with Crippen LogP contribution < -0.4 is 10.9 Å². The molecular weight excluding hydrogens is 341 g/mol. The van der Waals surface area contributed by atoms with E-state index in [0.29, 0.717) is 33.7 Å². The van der Waals surface area contributed by atoms with Crippen LogP contribution in [0.1, 0.15) is 40.0 Å². The summed E-state index contributed by atoms with van der Waals surface area (Å²) in [6.07, 6.45) is 5.29. The summed E-state index contributed by atoms with van der Waals surface area (Å²) < 4.78 is 14.0. The van der Waals surface area contributed by atoms with Crippen molar-refractivity contribution in [2.45, 2.75) is 46.1 Å². The van der Waals surface area contributed by atoms with Crippen molar-refractivity contribution >= 4 is 27.5 Å². The molecule has 0 radical (unpaired) electrons. The minimum atomic E-state index is -0.349. The molecule has 0 spiro atoms. The first-order valence-corrected chi connectivity index (χ1v) is 9.70. The van der Waals surface area contributed by atoms with Crippen molar-refractivity contribution < 1.29 is 4.39 Å². The van der Waals surface area contributed by atoms with Crippen molar-refractivity contribution in [2.24, 2.45) is 16.7 Å². The highest BCUT2D eigenvalue weighted by Crippen LogP contribution is 2.68. The van der Waals surface area contributed by atoms with Crippen LogP contribution in [0.4, 0.5) is 10.2 Å². The Labute approximate surface area is 157 Å². The molecule has 3 aromatic rings. The summed E-state index contributed by atoms with van der Waals surface area (Å²) in [5.74, 6) is 1.00. The fraction of sp³-hybridized carbons (Fsp3) is 0.455. The lowest BCUT2D eigenvalue weighted by Gasteiger charge is -2.70. The largest absolute Gasteiger partial charge is 0.366 e. The predicted octanol–water partition coefficient (Wildman–Crippen LogP) is 4.84. The number of aromatic amines is 1. The molecule has 5 heteroatoms. The second kappa shape index (κ2) is 5.31. The zero-order chi connectivity index (χ0) is 19.0. The molecule has 2 aromatic heterocycles. The molecule has 2 heterocycles. The van der Waals surface area contributed by atoms with E-state index in [2.05, 4.69) is 31.1 Å². The summed E-state index contributed by atoms with van der Waals surface area (Å²) >= 11 is 0. The van der Waals surface area contributed by atoms with Crippen LogP contribution >= 0.6 is 0 Å². The lowest BCUT2D eigenvalue weighted by Crippen LogP contribution is -2.70. The highest BCUT2D eigenvalue weighted by Gasteiger charge is 2.65. The van der Waals surface area contributed by atoms with Crippen LogP contribution in [0, 0.1) is 22.6 Å². The van der Waals surface area contributed by atoms with Crippen LogP contribution in [-0.2, 0) is 0 Å². The maximum atomic E-state index is 14.0. The van der Waals surface area contributed by atoms with E-state index in [1.807, 2.05) is 0 Å². The third-order valence-electron chi connectivity index (χ3n) is 7.67. The van der Waals surface area contributed by atoms with Crippen molar-refractivity contribution in [2.75, 3.05) is 5.32 Å². The van der Waals surface area contributed by atoms with E-state index in [1.54, 1.807) is 18.3 Å². The van der Waals surface area contributed by atoms with Crippen LogP contribution in [-0.4, -0.2) is 16.0 Å². The van der Waals surface area contributed by atoms with Crippen LogP contribution in [0.3, 0.4) is 0 Å². The average Bonchev–Trinajstić information content (AvgIpc) is 2.62. The molecule has 0 saturated heterocycles. The van der Waals surface area contributed by atoms with E-state index >= 15 is 0 Å². The van der Waals surface area contributed by atoms with Crippen LogP contribution in [0.25, 0.3) is 21.7 Å². The predicted molar refractivity (Wildman–Crippen MR) is 106 cm³/mol. The van der Waals surface area contributed by atoms with E-state index in [9.17, 15) is 9.18 Å². The second-order valence-corrected chi connectivity index (χ2v) is 8.98. The number of benzene rings is 1. The molecule has 1 aromatic carbocycles. The Hall–Kier alpha value is -2.43. The van der Waals surface area contributed by atoms with Gasteiger partial charge in [-0.2, -0.15) is 0 Å². The number of H-pyrrole nitrogens is 1. The van der Waals surface area contributed by atoms with Gasteiger partial charge in [-0.05, 0) is 53.9 Å². The van der Waals surface area contributed by atoms with Gasteiger partial charge in [-0.15, -0.1) is 0 Å². The summed E-state index contributed by atoms with van der Waals surface area (Å²) in [6, 6.07) is 6.73. The second-order valence-electron chi connectivity index (χ2n) is 8.98. The Balaban J connectivity index is 1.69. The van der Waals surface area contributed by atoms with Gasteiger partial charge in [-0.3, -0.25) is 4.79 Å². The zero-order valence-corrected chi connectivity index (χ0v) is 15.9. The van der Waals surface area contributed by atoms with Gasteiger partial charge in [0.2, 0.25) is 0 Å². The third-order valence-corrected chi connectivity index (χ3v) is 7.67. The highest BCUT2D eigenvalue weighted by molar-refractivity contribution is 6.09. The summed E-state index contributed by atoms with van der Waals surface area (Å²) in [5, 5.41) is 5.55. The molecule has 0 aliphatic heterocycles. The smallest absolute Gasteiger partial charge is 0.258 e. The first kappa shape index (κ1) is 16.7. The van der Waals surface area contributed by atoms with Crippen LogP contribution in [0.5, 0.6) is 0 Å². The highest BCUT2D eigenvalue weighted by atomic mass is 19.1. The van der Waals surface area contributed by atoms with E-state index < -0.39 is 0 Å². The third kappa shape index (κ3) is 2.08. The molecule has 2 bridgehead atoms. The van der Waals surface area contributed by atoms with Gasteiger partial charge < -0.3 is 10.3 Å². The number of halogens is 1. The number of hydrogen-bond acceptors (Lipinski definition) is 3. The van der Waals surface area contributed by atoms with Gasteiger partial charge >= 0.3 is 0 Å². The number of nitrogens with zero attached hydrogens (tertiary/aromatic N) is 1. The SMILES string of the molecule is CC1(C)C2CCCC1(C)[C@@H]2Nc1nc2cc[nH]c(=O)c2c2cc(F)ccc12. The molecule has 5 rings (SSSR count). The molecular formula is C22H24FN3O. The van der Waals surface area contributed by atoms with Crippen molar-refractivity contribution in [3.63, 3.8) is 0 Å². The van der Waals surface area contributed by atoms with E-state index in [0.717, 1.165) is 11.2 Å². The Morgan fingerprint density at radius 1 is 1.22 bits per heavy atom. The molecule has 2 aliphatic rings. The number of pyridine rings is 2. The van der Waals surface area contributed by atoms with Gasteiger partial charge in [0.15, 0.2) is 0 Å². The number of rotatable bonds is 2. The lowest BCUT2D eigenvalue weighted by atomic mass is 9.38. The van der Waals surface area contributed by atoms with Crippen molar-refractivity contribution in [3.05, 3.63) is 46.6 Å². The maximum absolute atomic E-state index is 14.0. The Morgan fingerprint density at radius 3 is 2.78 bits per heavy atom. The molecule has 0 amide bonds. The zero-order valence-electron chi connectivity index (χ0n) is 15.9. The van der Waals surface area contributed by atoms with Gasteiger partial charge in [0, 0.05) is 23.0 Å². The molecule has 2 saturated carbocycles. The number of anilines is 1. The van der Waals surface area contributed by atoms with E-state index in [-0.39, 0.29) is 16.8 Å². The van der Waals surface area contributed by atoms with E-state index in [4.69, 9.17) is 4.98 Å². The van der Waals surface area contributed by atoms with Gasteiger partial charge in [0.1, 0.15) is 11.6 Å². The molecule has 2 N–H and O–H groups in total. The fourth-order valence-electron chi connectivity index (χ4n) is 5.73. The van der Waals surface area contributed by atoms with Gasteiger partial charge in [-0.1, -0.05) is 27.2 Å². The standard InChI is InChI=1S/C22H24FN3O/c1-21(2)15-5-4-9-22(21,3)18(15)26-19-13-7-6-12(23)11-14(13)17-16(25-19)8-10-24-20(17)27/h6-8,10-11,15,18H,4-5,9H2,1-3H3,(H,24,27)(H,25,26)/t15?,18-,22?/m1/s1. The molecule has 2 unspecified atom stereocenters. The number of aromatic nitrogens is 2. The Bertz CT molecular complexity index is 1140. The molecule has 27 heavy (non-hydrogen) atoms. The number of nitrogens with one attached hydrogen (secondary N) is 2. The molecule has 4 nitrogen and oxygen atoms in total. The Kier molecular flexibility index (Phi) is 3.29. The van der Waals surface area contributed by atoms with Gasteiger partial charge in [-0.25, -0.2) is 9.37 Å². The van der Waals surface area contributed by atoms with Crippen molar-refractivity contribution in [3.8, 4) is 0 Å². The van der Waals surface area contributed by atoms with Crippen molar-refractivity contribution in [1.29, 1.82) is 0 Å². The minimum Gasteiger partial charge on any atom is -0.366 e. The molecule has 2 aliphatic carbocycles. The number of fused-ring (bicyclic) bond motifs is 5. The first-order chi connectivity index (χ1) is 12.8. The van der Waals surface area contributed by atoms with Gasteiger partial charge in [0.05, 0.1) is 10.9 Å². The summed E-state index contributed by atoms with van der Waals surface area (Å²) in [7, 11) is 0. The minimum absolute atomic E-state index is 0.215. The monoisotopic (exact) mass is 365 g/mol.